The fourth-order valence-corrected chi connectivity index (χ4v) is 4.28. The average Bonchev–Trinajstić information content (AvgIpc) is 3.60. The van der Waals surface area contributed by atoms with Gasteiger partial charge in [0.25, 0.3) is 5.91 Å². The summed E-state index contributed by atoms with van der Waals surface area (Å²) >= 11 is 0. The van der Waals surface area contributed by atoms with Crippen molar-refractivity contribution in [3.05, 3.63) is 59.7 Å². The molecule has 3 N–H and O–H groups in total. The van der Waals surface area contributed by atoms with E-state index in [4.69, 9.17) is 14.3 Å². The van der Waals surface area contributed by atoms with Gasteiger partial charge < -0.3 is 19.9 Å². The van der Waals surface area contributed by atoms with Crippen molar-refractivity contribution in [3.8, 4) is 11.1 Å². The Bertz CT molecular complexity index is 1040. The van der Waals surface area contributed by atoms with Gasteiger partial charge in [0.2, 0.25) is 0 Å². The third-order valence-corrected chi connectivity index (χ3v) is 6.23. The summed E-state index contributed by atoms with van der Waals surface area (Å²) in [5, 5.41) is 11.8. The topological polar surface area (TPSA) is 123 Å². The van der Waals surface area contributed by atoms with E-state index in [0.29, 0.717) is 0 Å². The maximum absolute atomic E-state index is 12.8. The number of hydroxylamine groups is 1. The smallest absolute Gasteiger partial charge is 0.408 e. The van der Waals surface area contributed by atoms with Crippen LogP contribution in [0.3, 0.4) is 0 Å². The first-order chi connectivity index (χ1) is 16.3. The Morgan fingerprint density at radius 2 is 1.65 bits per heavy atom. The van der Waals surface area contributed by atoms with Gasteiger partial charge in [-0.05, 0) is 47.9 Å². The second-order valence-electron chi connectivity index (χ2n) is 8.86. The zero-order valence-electron chi connectivity index (χ0n) is 19.1. The predicted octanol–water partition coefficient (Wildman–Crippen LogP) is 2.84. The third-order valence-electron chi connectivity index (χ3n) is 6.23. The summed E-state index contributed by atoms with van der Waals surface area (Å²) in [7, 11) is 1.38. The fourth-order valence-electron chi connectivity index (χ4n) is 4.28. The van der Waals surface area contributed by atoms with Crippen molar-refractivity contribution in [1.29, 1.82) is 0 Å². The Morgan fingerprint density at radius 1 is 1.06 bits per heavy atom. The highest BCUT2D eigenvalue weighted by atomic mass is 16.7. The molecule has 2 aromatic rings. The van der Waals surface area contributed by atoms with E-state index >= 15 is 0 Å². The summed E-state index contributed by atoms with van der Waals surface area (Å²) in [6, 6.07) is 16.0. The maximum atomic E-state index is 12.8. The number of hydrogen-bond donors (Lipinski definition) is 3. The lowest BCUT2D eigenvalue weighted by atomic mass is 9.98. The van der Waals surface area contributed by atoms with Gasteiger partial charge in [-0.15, -0.1) is 0 Å². The number of benzene rings is 2. The molecule has 2 aliphatic rings. The summed E-state index contributed by atoms with van der Waals surface area (Å²) in [6.45, 7) is 1.36. The van der Waals surface area contributed by atoms with E-state index < -0.39 is 29.6 Å². The van der Waals surface area contributed by atoms with Gasteiger partial charge in [0.1, 0.15) is 12.1 Å². The number of amides is 2. The van der Waals surface area contributed by atoms with Gasteiger partial charge >= 0.3 is 12.1 Å². The molecule has 2 amide bonds. The number of rotatable bonds is 10. The first kappa shape index (κ1) is 23.7. The zero-order chi connectivity index (χ0) is 24.3. The van der Waals surface area contributed by atoms with Crippen LogP contribution in [0.1, 0.15) is 36.8 Å². The fraction of sp³-hybridized carbons (Fsp3) is 0.400. The Morgan fingerprint density at radius 3 is 2.18 bits per heavy atom. The summed E-state index contributed by atoms with van der Waals surface area (Å²) in [5.74, 6) is -2.16. The van der Waals surface area contributed by atoms with Gasteiger partial charge in [-0.2, -0.15) is 0 Å². The molecule has 4 rings (SSSR count). The number of hydrogen-bond acceptors (Lipinski definition) is 6. The molecule has 0 saturated heterocycles. The molecule has 9 nitrogen and oxygen atoms in total. The number of carboxylic acids is 1. The molecule has 34 heavy (non-hydrogen) atoms. The molecule has 0 bridgehead atoms. The van der Waals surface area contributed by atoms with E-state index in [1.54, 1.807) is 0 Å². The SMILES string of the molecule is COCC(C)(NC(=O)OCC1c2ccccc2-c2ccccc21)C(=O)NOC(C(=O)O)C1CC1. The van der Waals surface area contributed by atoms with Crippen molar-refractivity contribution >= 4 is 18.0 Å². The molecule has 0 heterocycles. The molecule has 9 heteroatoms. The van der Waals surface area contributed by atoms with Crippen LogP contribution in [0.4, 0.5) is 4.79 Å². The Labute approximate surface area is 197 Å². The first-order valence-corrected chi connectivity index (χ1v) is 11.1. The van der Waals surface area contributed by atoms with Crippen LogP contribution in [0.2, 0.25) is 0 Å². The summed E-state index contributed by atoms with van der Waals surface area (Å²) in [6.07, 6.45) is -0.487. The van der Waals surface area contributed by atoms with E-state index in [1.165, 1.54) is 14.0 Å². The van der Waals surface area contributed by atoms with Crippen molar-refractivity contribution in [2.75, 3.05) is 20.3 Å². The number of ether oxygens (including phenoxy) is 2. The molecule has 2 atom stereocenters. The quantitative estimate of drug-likeness (QED) is 0.458. The van der Waals surface area contributed by atoms with Gasteiger partial charge in [0.15, 0.2) is 6.10 Å². The monoisotopic (exact) mass is 468 g/mol. The molecule has 180 valence electrons. The number of nitrogens with one attached hydrogen (secondary N) is 2. The lowest BCUT2D eigenvalue weighted by Crippen LogP contribution is -2.60. The van der Waals surface area contributed by atoms with Gasteiger partial charge in [-0.1, -0.05) is 48.5 Å². The second kappa shape index (κ2) is 9.82. The third kappa shape index (κ3) is 4.90. The highest BCUT2D eigenvalue weighted by Gasteiger charge is 2.41. The molecule has 0 aromatic heterocycles. The minimum absolute atomic E-state index is 0.0871. The predicted molar refractivity (Wildman–Crippen MR) is 122 cm³/mol. The minimum atomic E-state index is -1.54. The molecule has 1 saturated carbocycles. The Hall–Kier alpha value is -3.43. The van der Waals surface area contributed by atoms with Crippen LogP contribution in [0.15, 0.2) is 48.5 Å². The maximum Gasteiger partial charge on any atom is 0.408 e. The van der Waals surface area contributed by atoms with E-state index in [2.05, 4.69) is 10.8 Å². The summed E-state index contributed by atoms with van der Waals surface area (Å²) < 4.78 is 10.6. The van der Waals surface area contributed by atoms with Crippen molar-refractivity contribution in [2.24, 2.45) is 5.92 Å². The molecule has 0 radical (unpaired) electrons. The molecule has 0 spiro atoms. The van der Waals surface area contributed by atoms with Crippen LogP contribution < -0.4 is 10.8 Å². The number of carbonyl (C=O) groups is 3. The van der Waals surface area contributed by atoms with Gasteiger partial charge in [0, 0.05) is 13.0 Å². The van der Waals surface area contributed by atoms with Crippen molar-refractivity contribution in [2.45, 2.75) is 37.3 Å². The lowest BCUT2D eigenvalue weighted by Gasteiger charge is -2.29. The molecule has 1 fully saturated rings. The molecular weight excluding hydrogens is 440 g/mol. The molecule has 0 aliphatic heterocycles. The Kier molecular flexibility index (Phi) is 6.85. The van der Waals surface area contributed by atoms with Gasteiger partial charge in [-0.3, -0.25) is 9.63 Å². The average molecular weight is 469 g/mol. The number of methoxy groups -OCH3 is 1. The molecule has 2 unspecified atom stereocenters. The first-order valence-electron chi connectivity index (χ1n) is 11.1. The molecule has 2 aliphatic carbocycles. The van der Waals surface area contributed by atoms with Crippen LogP contribution >= 0.6 is 0 Å². The van der Waals surface area contributed by atoms with E-state index in [-0.39, 0.29) is 25.0 Å². The molecule has 2 aromatic carbocycles. The van der Waals surface area contributed by atoms with E-state index in [1.807, 2.05) is 48.5 Å². The van der Waals surface area contributed by atoms with Crippen LogP contribution in [-0.2, 0) is 23.9 Å². The summed E-state index contributed by atoms with van der Waals surface area (Å²) in [4.78, 5) is 41.9. The van der Waals surface area contributed by atoms with E-state index in [0.717, 1.165) is 35.1 Å². The van der Waals surface area contributed by atoms with Gasteiger partial charge in [0.05, 0.1) is 6.61 Å². The number of carbonyl (C=O) groups excluding carboxylic acids is 2. The number of fused-ring (bicyclic) bond motifs is 3. The standard InChI is InChI=1S/C25H28N2O7/c1-25(14-32-2,23(30)27-34-21(22(28)29)15-11-12-15)26-24(31)33-13-20-18-9-5-3-7-16(18)17-8-4-6-10-19(17)20/h3-10,15,20-21H,11-14H2,1-2H3,(H,26,31)(H,27,30)(H,28,29). The Balaban J connectivity index is 1.39. The normalized spacial score (nSPS) is 17.1. The second-order valence-corrected chi connectivity index (χ2v) is 8.86. The number of aliphatic carboxylic acids is 1. The number of carboxylic acid groups (broad SMARTS) is 1. The van der Waals surface area contributed by atoms with Crippen LogP contribution in [0.25, 0.3) is 11.1 Å². The zero-order valence-corrected chi connectivity index (χ0v) is 19.1. The van der Waals surface area contributed by atoms with Crippen LogP contribution in [0, 0.1) is 5.92 Å². The van der Waals surface area contributed by atoms with Crippen LogP contribution in [0.5, 0.6) is 0 Å². The minimum Gasteiger partial charge on any atom is -0.479 e. The van der Waals surface area contributed by atoms with Crippen molar-refractivity contribution in [1.82, 2.24) is 10.8 Å². The lowest BCUT2D eigenvalue weighted by molar-refractivity contribution is -0.165. The highest BCUT2D eigenvalue weighted by molar-refractivity contribution is 5.89. The number of alkyl carbamates (subject to hydrolysis) is 1. The van der Waals surface area contributed by atoms with Gasteiger partial charge in [-0.25, -0.2) is 15.1 Å². The van der Waals surface area contributed by atoms with E-state index in [9.17, 15) is 19.5 Å². The van der Waals surface area contributed by atoms with Crippen molar-refractivity contribution in [3.63, 3.8) is 0 Å². The summed E-state index contributed by atoms with van der Waals surface area (Å²) in [5.41, 5.74) is 4.99. The van der Waals surface area contributed by atoms with Crippen molar-refractivity contribution < 1.29 is 33.8 Å². The largest absolute Gasteiger partial charge is 0.479 e. The molecular formula is C25H28N2O7. The van der Waals surface area contributed by atoms with Crippen LogP contribution in [-0.4, -0.2) is 55.0 Å². The highest BCUT2D eigenvalue weighted by Crippen LogP contribution is 2.44.